The molecule has 0 bridgehead atoms. The van der Waals surface area contributed by atoms with Crippen LogP contribution in [-0.2, 0) is 0 Å². The van der Waals surface area contributed by atoms with E-state index < -0.39 is 5.95 Å². The Bertz CT molecular complexity index is 379. The van der Waals surface area contributed by atoms with Gasteiger partial charge in [-0.25, -0.2) is 4.98 Å². The van der Waals surface area contributed by atoms with Gasteiger partial charge in [-0.2, -0.15) is 4.39 Å². The predicted molar refractivity (Wildman–Crippen MR) is 53.0 cm³/mol. The van der Waals surface area contributed by atoms with Crippen molar-refractivity contribution in [3.63, 3.8) is 0 Å². The largest absolute Gasteiger partial charge is 0.228 e. The molecular weight excluding hydrogens is 165 g/mol. The molecule has 0 saturated carbocycles. The lowest BCUT2D eigenvalue weighted by Crippen LogP contribution is -1.82. The number of aromatic nitrogens is 1. The molecule has 0 fully saturated rings. The lowest BCUT2D eigenvalue weighted by atomic mass is 10.2. The van der Waals surface area contributed by atoms with Gasteiger partial charge in [0.2, 0.25) is 5.95 Å². The first kappa shape index (κ1) is 9.65. The molecule has 0 saturated heterocycles. The summed E-state index contributed by atoms with van der Waals surface area (Å²) in [6.45, 7) is 4.00. The molecule has 0 aliphatic rings. The maximum Gasteiger partial charge on any atom is 0.220 e. The smallest absolute Gasteiger partial charge is 0.220 e. The Morgan fingerprint density at radius 2 is 1.77 bits per heavy atom. The fourth-order valence-electron chi connectivity index (χ4n) is 1.08. The van der Waals surface area contributed by atoms with Crippen LogP contribution in [0.5, 0.6) is 0 Å². The SMILES string of the molecule is CC.Fc1nccc2ccccc12. The zero-order valence-corrected chi connectivity index (χ0v) is 7.79. The van der Waals surface area contributed by atoms with Gasteiger partial charge in [0.1, 0.15) is 0 Å². The zero-order valence-electron chi connectivity index (χ0n) is 7.79. The monoisotopic (exact) mass is 177 g/mol. The summed E-state index contributed by atoms with van der Waals surface area (Å²) in [5, 5.41) is 1.47. The number of halogens is 1. The highest BCUT2D eigenvalue weighted by molar-refractivity contribution is 5.81. The van der Waals surface area contributed by atoms with Crippen molar-refractivity contribution in [1.82, 2.24) is 4.98 Å². The number of benzene rings is 1. The minimum absolute atomic E-state index is 0.400. The molecule has 1 aromatic carbocycles. The number of rotatable bonds is 0. The standard InChI is InChI=1S/C9H6FN.C2H6/c10-9-8-4-2-1-3-7(8)5-6-11-9;1-2/h1-6H;1-2H3. The lowest BCUT2D eigenvalue weighted by molar-refractivity contribution is 0.597. The van der Waals surface area contributed by atoms with Gasteiger partial charge < -0.3 is 0 Å². The van der Waals surface area contributed by atoms with Gasteiger partial charge in [-0.3, -0.25) is 0 Å². The van der Waals surface area contributed by atoms with E-state index in [4.69, 9.17) is 0 Å². The molecule has 0 aliphatic heterocycles. The molecule has 68 valence electrons. The van der Waals surface area contributed by atoms with Crippen molar-refractivity contribution in [2.45, 2.75) is 13.8 Å². The summed E-state index contributed by atoms with van der Waals surface area (Å²) in [6, 6.07) is 9.05. The van der Waals surface area contributed by atoms with Gasteiger partial charge in [0, 0.05) is 11.6 Å². The second-order valence-corrected chi connectivity index (χ2v) is 2.32. The molecule has 0 aliphatic carbocycles. The number of hydrogen-bond donors (Lipinski definition) is 0. The van der Waals surface area contributed by atoms with Crippen LogP contribution in [0.3, 0.4) is 0 Å². The molecule has 13 heavy (non-hydrogen) atoms. The van der Waals surface area contributed by atoms with Gasteiger partial charge in [-0.15, -0.1) is 0 Å². The fourth-order valence-corrected chi connectivity index (χ4v) is 1.08. The first-order valence-corrected chi connectivity index (χ1v) is 4.37. The molecule has 0 amide bonds. The Hall–Kier alpha value is -1.44. The van der Waals surface area contributed by atoms with Crippen molar-refractivity contribution in [1.29, 1.82) is 0 Å². The zero-order chi connectivity index (χ0) is 9.68. The van der Waals surface area contributed by atoms with Gasteiger partial charge in [0.15, 0.2) is 0 Å². The first-order valence-electron chi connectivity index (χ1n) is 4.37. The Balaban J connectivity index is 0.000000396. The van der Waals surface area contributed by atoms with Crippen molar-refractivity contribution in [2.75, 3.05) is 0 Å². The van der Waals surface area contributed by atoms with E-state index in [-0.39, 0.29) is 0 Å². The summed E-state index contributed by atoms with van der Waals surface area (Å²) >= 11 is 0. The average Bonchev–Trinajstić information content (AvgIpc) is 2.22. The van der Waals surface area contributed by atoms with Crippen molar-refractivity contribution in [2.24, 2.45) is 0 Å². The van der Waals surface area contributed by atoms with Crippen LogP contribution >= 0.6 is 0 Å². The Morgan fingerprint density at radius 1 is 1.08 bits per heavy atom. The molecule has 0 unspecified atom stereocenters. The highest BCUT2D eigenvalue weighted by Crippen LogP contribution is 2.13. The maximum absolute atomic E-state index is 12.9. The number of pyridine rings is 1. The second kappa shape index (κ2) is 4.55. The van der Waals surface area contributed by atoms with Gasteiger partial charge in [0.25, 0.3) is 0 Å². The van der Waals surface area contributed by atoms with E-state index in [0.29, 0.717) is 5.39 Å². The summed E-state index contributed by atoms with van der Waals surface area (Å²) in [4.78, 5) is 3.54. The van der Waals surface area contributed by atoms with E-state index in [1.807, 2.05) is 26.0 Å². The van der Waals surface area contributed by atoms with Crippen LogP contribution < -0.4 is 0 Å². The summed E-state index contributed by atoms with van der Waals surface area (Å²) < 4.78 is 12.9. The second-order valence-electron chi connectivity index (χ2n) is 2.32. The normalized spacial score (nSPS) is 9.15. The van der Waals surface area contributed by atoms with Crippen LogP contribution in [0.25, 0.3) is 10.8 Å². The quantitative estimate of drug-likeness (QED) is 0.562. The topological polar surface area (TPSA) is 12.9 Å². The number of hydrogen-bond acceptors (Lipinski definition) is 1. The summed E-state index contributed by atoms with van der Waals surface area (Å²) in [5.41, 5.74) is 0. The molecule has 0 atom stereocenters. The Labute approximate surface area is 77.2 Å². The van der Waals surface area contributed by atoms with E-state index in [9.17, 15) is 4.39 Å². The van der Waals surface area contributed by atoms with E-state index >= 15 is 0 Å². The molecule has 1 nitrogen and oxygen atoms in total. The average molecular weight is 177 g/mol. The van der Waals surface area contributed by atoms with Crippen molar-refractivity contribution < 1.29 is 4.39 Å². The molecule has 2 rings (SSSR count). The highest BCUT2D eigenvalue weighted by Gasteiger charge is 1.97. The third-order valence-corrected chi connectivity index (χ3v) is 1.63. The van der Waals surface area contributed by atoms with Crippen LogP contribution in [0.4, 0.5) is 4.39 Å². The van der Waals surface area contributed by atoms with Crippen LogP contribution in [-0.4, -0.2) is 4.98 Å². The fraction of sp³-hybridized carbons (Fsp3) is 0.182. The Morgan fingerprint density at radius 3 is 2.46 bits per heavy atom. The van der Waals surface area contributed by atoms with E-state index in [1.54, 1.807) is 18.2 Å². The van der Waals surface area contributed by atoms with Crippen LogP contribution in [0.15, 0.2) is 36.5 Å². The van der Waals surface area contributed by atoms with Gasteiger partial charge >= 0.3 is 0 Å². The molecule has 1 heterocycles. The summed E-state index contributed by atoms with van der Waals surface area (Å²) in [6.07, 6.45) is 1.47. The van der Waals surface area contributed by atoms with Gasteiger partial charge in [-0.05, 0) is 17.5 Å². The molecular formula is C11H12FN. The molecule has 1 aromatic heterocycles. The number of nitrogens with zero attached hydrogens (tertiary/aromatic N) is 1. The first-order chi connectivity index (χ1) is 6.38. The van der Waals surface area contributed by atoms with E-state index in [1.165, 1.54) is 6.20 Å². The lowest BCUT2D eigenvalue weighted by Gasteiger charge is -1.95. The van der Waals surface area contributed by atoms with Crippen LogP contribution in [0.1, 0.15) is 13.8 Å². The maximum atomic E-state index is 12.9. The van der Waals surface area contributed by atoms with E-state index in [2.05, 4.69) is 4.98 Å². The summed E-state index contributed by atoms with van der Waals surface area (Å²) in [5.74, 6) is -0.400. The molecule has 0 radical (unpaired) electrons. The minimum Gasteiger partial charge on any atom is -0.228 e. The highest BCUT2D eigenvalue weighted by atomic mass is 19.1. The van der Waals surface area contributed by atoms with E-state index in [0.717, 1.165) is 5.39 Å². The van der Waals surface area contributed by atoms with Crippen molar-refractivity contribution in [3.8, 4) is 0 Å². The Kier molecular flexibility index (Phi) is 3.38. The van der Waals surface area contributed by atoms with Gasteiger partial charge in [-0.1, -0.05) is 32.0 Å². The number of fused-ring (bicyclic) bond motifs is 1. The molecule has 2 heteroatoms. The molecule has 0 N–H and O–H groups in total. The molecule has 0 spiro atoms. The van der Waals surface area contributed by atoms with Gasteiger partial charge in [0.05, 0.1) is 0 Å². The predicted octanol–water partition coefficient (Wildman–Crippen LogP) is 3.40. The molecule has 2 aromatic rings. The van der Waals surface area contributed by atoms with Crippen LogP contribution in [0.2, 0.25) is 0 Å². The van der Waals surface area contributed by atoms with Crippen molar-refractivity contribution in [3.05, 3.63) is 42.5 Å². The third kappa shape index (κ3) is 2.02. The van der Waals surface area contributed by atoms with Crippen LogP contribution in [0, 0.1) is 5.95 Å². The van der Waals surface area contributed by atoms with Crippen molar-refractivity contribution >= 4 is 10.8 Å². The third-order valence-electron chi connectivity index (χ3n) is 1.63. The summed E-state index contributed by atoms with van der Waals surface area (Å²) in [7, 11) is 0. The minimum atomic E-state index is -0.400.